The van der Waals surface area contributed by atoms with Crippen LogP contribution in [0, 0.1) is 6.92 Å². The number of ether oxygens (including phenoxy) is 1. The molecule has 3 nitrogen and oxygen atoms in total. The molecule has 0 aliphatic heterocycles. The van der Waals surface area contributed by atoms with Crippen LogP contribution in [0.15, 0.2) is 42.5 Å². The van der Waals surface area contributed by atoms with Gasteiger partial charge in [-0.15, -0.1) is 0 Å². The van der Waals surface area contributed by atoms with Crippen molar-refractivity contribution in [2.75, 3.05) is 11.9 Å². The molecular formula is C17H18ClNO2. The Hall–Kier alpha value is -2.00. The molecule has 0 atom stereocenters. The summed E-state index contributed by atoms with van der Waals surface area (Å²) in [5, 5.41) is 3.47. The molecule has 110 valence electrons. The summed E-state index contributed by atoms with van der Waals surface area (Å²) in [7, 11) is 0. The molecule has 2 aromatic carbocycles. The van der Waals surface area contributed by atoms with Gasteiger partial charge >= 0.3 is 0 Å². The van der Waals surface area contributed by atoms with Gasteiger partial charge in [0.25, 0.3) is 5.91 Å². The zero-order valence-electron chi connectivity index (χ0n) is 12.2. The first-order chi connectivity index (χ1) is 10.1. The van der Waals surface area contributed by atoms with Crippen LogP contribution in [0.3, 0.4) is 0 Å². The highest BCUT2D eigenvalue weighted by molar-refractivity contribution is 6.31. The summed E-state index contributed by atoms with van der Waals surface area (Å²) in [5.41, 5.74) is 2.16. The van der Waals surface area contributed by atoms with Crippen LogP contribution >= 0.6 is 11.6 Å². The SMILES string of the molecule is CCCOc1ccccc1C(=O)Nc1ccc(C)c(Cl)c1. The number of carbonyl (C=O) groups is 1. The zero-order chi connectivity index (χ0) is 15.2. The molecule has 0 aliphatic carbocycles. The van der Waals surface area contributed by atoms with E-state index >= 15 is 0 Å². The summed E-state index contributed by atoms with van der Waals surface area (Å²) in [6.07, 6.45) is 0.892. The average molecular weight is 304 g/mol. The first-order valence-corrected chi connectivity index (χ1v) is 7.29. The van der Waals surface area contributed by atoms with Gasteiger partial charge in [-0.2, -0.15) is 0 Å². The molecule has 21 heavy (non-hydrogen) atoms. The Morgan fingerprint density at radius 2 is 2.00 bits per heavy atom. The van der Waals surface area contributed by atoms with Crippen LogP contribution in [0.25, 0.3) is 0 Å². The van der Waals surface area contributed by atoms with E-state index in [0.29, 0.717) is 28.6 Å². The molecule has 0 aromatic heterocycles. The summed E-state index contributed by atoms with van der Waals surface area (Å²) >= 11 is 6.07. The van der Waals surface area contributed by atoms with E-state index in [1.807, 2.05) is 38.1 Å². The highest BCUT2D eigenvalue weighted by atomic mass is 35.5. The van der Waals surface area contributed by atoms with Crippen LogP contribution < -0.4 is 10.1 Å². The third kappa shape index (κ3) is 3.99. The van der Waals surface area contributed by atoms with E-state index in [1.165, 1.54) is 0 Å². The highest BCUT2D eigenvalue weighted by Crippen LogP contribution is 2.23. The maximum atomic E-state index is 12.4. The summed E-state index contributed by atoms with van der Waals surface area (Å²) in [4.78, 5) is 12.4. The van der Waals surface area contributed by atoms with Gasteiger partial charge in [-0.3, -0.25) is 4.79 Å². The molecule has 0 spiro atoms. The standard InChI is InChI=1S/C17H18ClNO2/c1-3-10-21-16-7-5-4-6-14(16)17(20)19-13-9-8-12(2)15(18)11-13/h4-9,11H,3,10H2,1-2H3,(H,19,20). The Bertz CT molecular complexity index is 640. The minimum atomic E-state index is -0.207. The molecule has 1 N–H and O–H groups in total. The molecule has 0 radical (unpaired) electrons. The van der Waals surface area contributed by atoms with Gasteiger partial charge < -0.3 is 10.1 Å². The molecule has 4 heteroatoms. The zero-order valence-corrected chi connectivity index (χ0v) is 12.9. The largest absolute Gasteiger partial charge is 0.493 e. The molecular weight excluding hydrogens is 286 g/mol. The minimum absolute atomic E-state index is 0.207. The molecule has 0 bridgehead atoms. The monoisotopic (exact) mass is 303 g/mol. The van der Waals surface area contributed by atoms with Crippen molar-refractivity contribution in [3.05, 3.63) is 58.6 Å². The molecule has 0 fully saturated rings. The molecule has 1 amide bonds. The maximum Gasteiger partial charge on any atom is 0.259 e. The van der Waals surface area contributed by atoms with Crippen molar-refractivity contribution in [1.29, 1.82) is 0 Å². The fraction of sp³-hybridized carbons (Fsp3) is 0.235. The number of benzene rings is 2. The number of hydrogen-bond acceptors (Lipinski definition) is 2. The fourth-order valence-corrected chi connectivity index (χ4v) is 2.04. The molecule has 0 saturated carbocycles. The predicted molar refractivity (Wildman–Crippen MR) is 86.4 cm³/mol. The lowest BCUT2D eigenvalue weighted by molar-refractivity contribution is 0.102. The van der Waals surface area contributed by atoms with Gasteiger partial charge in [-0.1, -0.05) is 36.7 Å². The molecule has 0 aliphatic rings. The normalized spacial score (nSPS) is 10.2. The molecule has 0 heterocycles. The lowest BCUT2D eigenvalue weighted by Gasteiger charge is -2.11. The number of para-hydroxylation sites is 1. The van der Waals surface area contributed by atoms with Crippen LogP contribution in [0.1, 0.15) is 29.3 Å². The average Bonchev–Trinajstić information content (AvgIpc) is 2.49. The topological polar surface area (TPSA) is 38.3 Å². The summed E-state index contributed by atoms with van der Waals surface area (Å²) in [6, 6.07) is 12.7. The van der Waals surface area contributed by atoms with Gasteiger partial charge in [0.2, 0.25) is 0 Å². The van der Waals surface area contributed by atoms with Crippen molar-refractivity contribution in [3.8, 4) is 5.75 Å². The number of nitrogens with one attached hydrogen (secondary N) is 1. The second kappa shape index (κ2) is 7.14. The maximum absolute atomic E-state index is 12.4. The van der Waals surface area contributed by atoms with E-state index in [9.17, 15) is 4.79 Å². The van der Waals surface area contributed by atoms with Gasteiger partial charge in [-0.05, 0) is 43.2 Å². The van der Waals surface area contributed by atoms with E-state index < -0.39 is 0 Å². The van der Waals surface area contributed by atoms with Gasteiger partial charge in [0.05, 0.1) is 12.2 Å². The number of halogens is 1. The van der Waals surface area contributed by atoms with Gasteiger partial charge in [0, 0.05) is 10.7 Å². The van der Waals surface area contributed by atoms with Crippen molar-refractivity contribution < 1.29 is 9.53 Å². The lowest BCUT2D eigenvalue weighted by atomic mass is 10.1. The van der Waals surface area contributed by atoms with Crippen LogP contribution in [0.5, 0.6) is 5.75 Å². The second-order valence-corrected chi connectivity index (χ2v) is 5.17. The third-order valence-corrected chi connectivity index (χ3v) is 3.43. The van der Waals surface area contributed by atoms with Crippen molar-refractivity contribution in [1.82, 2.24) is 0 Å². The Labute approximate surface area is 129 Å². The second-order valence-electron chi connectivity index (χ2n) is 4.76. The van der Waals surface area contributed by atoms with Crippen LogP contribution in [0.2, 0.25) is 5.02 Å². The molecule has 0 unspecified atom stereocenters. The highest BCUT2D eigenvalue weighted by Gasteiger charge is 2.12. The number of hydrogen-bond donors (Lipinski definition) is 1. The Morgan fingerprint density at radius 1 is 1.24 bits per heavy atom. The minimum Gasteiger partial charge on any atom is -0.493 e. The first-order valence-electron chi connectivity index (χ1n) is 6.91. The van der Waals surface area contributed by atoms with Gasteiger partial charge in [-0.25, -0.2) is 0 Å². The Morgan fingerprint density at radius 3 is 2.71 bits per heavy atom. The number of anilines is 1. The summed E-state index contributed by atoms with van der Waals surface area (Å²) in [5.74, 6) is 0.386. The van der Waals surface area contributed by atoms with Crippen LogP contribution in [-0.2, 0) is 0 Å². The molecule has 2 aromatic rings. The Kier molecular flexibility index (Phi) is 5.23. The van der Waals surface area contributed by atoms with Crippen LogP contribution in [-0.4, -0.2) is 12.5 Å². The molecule has 2 rings (SSSR count). The number of amides is 1. The quantitative estimate of drug-likeness (QED) is 0.870. The van der Waals surface area contributed by atoms with E-state index in [0.717, 1.165) is 12.0 Å². The summed E-state index contributed by atoms with van der Waals surface area (Å²) < 4.78 is 5.60. The first kappa shape index (κ1) is 15.4. The smallest absolute Gasteiger partial charge is 0.259 e. The van der Waals surface area contributed by atoms with E-state index in [2.05, 4.69) is 5.32 Å². The van der Waals surface area contributed by atoms with E-state index in [-0.39, 0.29) is 5.91 Å². The van der Waals surface area contributed by atoms with E-state index in [1.54, 1.807) is 18.2 Å². The summed E-state index contributed by atoms with van der Waals surface area (Å²) in [6.45, 7) is 4.53. The van der Waals surface area contributed by atoms with Crippen molar-refractivity contribution in [3.63, 3.8) is 0 Å². The number of carbonyl (C=O) groups excluding carboxylic acids is 1. The van der Waals surface area contributed by atoms with Crippen molar-refractivity contribution >= 4 is 23.2 Å². The number of aryl methyl sites for hydroxylation is 1. The lowest BCUT2D eigenvalue weighted by Crippen LogP contribution is -2.13. The Balaban J connectivity index is 2.18. The van der Waals surface area contributed by atoms with Crippen LogP contribution in [0.4, 0.5) is 5.69 Å². The van der Waals surface area contributed by atoms with Crippen molar-refractivity contribution in [2.45, 2.75) is 20.3 Å². The molecule has 0 saturated heterocycles. The van der Waals surface area contributed by atoms with Gasteiger partial charge in [0.15, 0.2) is 0 Å². The van der Waals surface area contributed by atoms with Gasteiger partial charge in [0.1, 0.15) is 5.75 Å². The number of rotatable bonds is 5. The predicted octanol–water partition coefficient (Wildman–Crippen LogP) is 4.69. The van der Waals surface area contributed by atoms with E-state index in [4.69, 9.17) is 16.3 Å². The third-order valence-electron chi connectivity index (χ3n) is 3.02. The van der Waals surface area contributed by atoms with Crippen molar-refractivity contribution in [2.24, 2.45) is 0 Å². The fourth-order valence-electron chi connectivity index (χ4n) is 1.86.